The molecule has 1 aromatic carbocycles. The number of rotatable bonds is 1. The Hall–Kier alpha value is -1.53. The molecule has 0 radical (unpaired) electrons. The van der Waals surface area contributed by atoms with Crippen LogP contribution in [0.25, 0.3) is 10.9 Å². The summed E-state index contributed by atoms with van der Waals surface area (Å²) in [7, 11) is -0.640. The molecule has 1 aromatic heterocycles. The number of hydrogen-bond donors (Lipinski definition) is 0. The summed E-state index contributed by atoms with van der Waals surface area (Å²) in [5.41, 5.74) is 0.255. The Morgan fingerprint density at radius 3 is 2.23 bits per heavy atom. The molecule has 6 heteroatoms. The van der Waals surface area contributed by atoms with Gasteiger partial charge >= 0.3 is 7.12 Å². The lowest BCUT2D eigenvalue weighted by Gasteiger charge is -2.32. The van der Waals surface area contributed by atoms with Crippen molar-refractivity contribution in [2.45, 2.75) is 45.8 Å². The van der Waals surface area contributed by atoms with E-state index in [1.54, 1.807) is 13.0 Å². The van der Waals surface area contributed by atoms with Gasteiger partial charge in [0, 0.05) is 11.1 Å². The quantitative estimate of drug-likeness (QED) is 0.759. The average Bonchev–Trinajstić information content (AvgIpc) is 2.62. The fourth-order valence-electron chi connectivity index (χ4n) is 2.56. The van der Waals surface area contributed by atoms with Gasteiger partial charge in [0.1, 0.15) is 5.52 Å². The van der Waals surface area contributed by atoms with Gasteiger partial charge in [-0.1, -0.05) is 6.07 Å². The van der Waals surface area contributed by atoms with Crippen LogP contribution in [-0.2, 0) is 9.31 Å². The van der Waals surface area contributed by atoms with Crippen LogP contribution in [-0.4, -0.2) is 23.3 Å². The number of aromatic nitrogens is 1. The molecule has 2 heterocycles. The van der Waals surface area contributed by atoms with Crippen molar-refractivity contribution in [3.63, 3.8) is 0 Å². The Morgan fingerprint density at radius 2 is 1.64 bits per heavy atom. The molecule has 0 amide bonds. The smallest absolute Gasteiger partial charge is 0.399 e. The Bertz CT molecular complexity index is 745. The van der Waals surface area contributed by atoms with Gasteiger partial charge in [-0.3, -0.25) is 0 Å². The van der Waals surface area contributed by atoms with Gasteiger partial charge in [-0.15, -0.1) is 0 Å². The van der Waals surface area contributed by atoms with Crippen molar-refractivity contribution < 1.29 is 18.1 Å². The van der Waals surface area contributed by atoms with E-state index in [4.69, 9.17) is 9.31 Å². The number of pyridine rings is 1. The molecule has 1 fully saturated rings. The van der Waals surface area contributed by atoms with E-state index in [0.717, 1.165) is 6.07 Å². The number of fused-ring (bicyclic) bond motifs is 1. The molecule has 22 heavy (non-hydrogen) atoms. The Labute approximate surface area is 128 Å². The van der Waals surface area contributed by atoms with Gasteiger partial charge in [-0.05, 0) is 52.2 Å². The first kappa shape index (κ1) is 15.4. The highest BCUT2D eigenvalue weighted by Gasteiger charge is 2.52. The van der Waals surface area contributed by atoms with Gasteiger partial charge in [0.25, 0.3) is 0 Å². The summed E-state index contributed by atoms with van der Waals surface area (Å²) < 4.78 is 39.5. The van der Waals surface area contributed by atoms with Crippen LogP contribution in [0.5, 0.6) is 0 Å². The molecule has 1 aliphatic heterocycles. The summed E-state index contributed by atoms with van der Waals surface area (Å²) in [4.78, 5) is 4.11. The monoisotopic (exact) mass is 305 g/mol. The van der Waals surface area contributed by atoms with Crippen LogP contribution in [0.2, 0.25) is 0 Å². The Balaban J connectivity index is 2.19. The zero-order valence-electron chi connectivity index (χ0n) is 13.3. The molecular formula is C16H18BF2NO2. The molecule has 0 aliphatic carbocycles. The third kappa shape index (κ3) is 2.21. The van der Waals surface area contributed by atoms with Crippen molar-refractivity contribution in [1.29, 1.82) is 0 Å². The first-order chi connectivity index (χ1) is 10.1. The number of aryl methyl sites for hydroxylation is 1. The highest BCUT2D eigenvalue weighted by atomic mass is 19.2. The van der Waals surface area contributed by atoms with Gasteiger partial charge in [0.2, 0.25) is 0 Å². The van der Waals surface area contributed by atoms with Crippen molar-refractivity contribution >= 4 is 23.5 Å². The zero-order valence-corrected chi connectivity index (χ0v) is 13.3. The number of hydrogen-bond acceptors (Lipinski definition) is 3. The number of benzene rings is 1. The molecule has 1 aliphatic rings. The van der Waals surface area contributed by atoms with Gasteiger partial charge in [-0.2, -0.15) is 0 Å². The Kier molecular flexibility index (Phi) is 3.31. The Morgan fingerprint density at radius 1 is 1.05 bits per heavy atom. The lowest BCUT2D eigenvalue weighted by molar-refractivity contribution is 0.00578. The van der Waals surface area contributed by atoms with Gasteiger partial charge < -0.3 is 9.31 Å². The van der Waals surface area contributed by atoms with Crippen LogP contribution in [0, 0.1) is 18.6 Å². The predicted molar refractivity (Wildman–Crippen MR) is 82.1 cm³/mol. The summed E-state index contributed by atoms with van der Waals surface area (Å²) in [6.07, 6.45) is 0. The predicted octanol–water partition coefficient (Wildman–Crippen LogP) is 3.12. The van der Waals surface area contributed by atoms with Crippen molar-refractivity contribution in [1.82, 2.24) is 4.98 Å². The maximum atomic E-state index is 14.0. The summed E-state index contributed by atoms with van der Waals surface area (Å²) in [5, 5.41) is 0.503. The third-order valence-electron chi connectivity index (χ3n) is 4.54. The minimum atomic E-state index is -0.945. The van der Waals surface area contributed by atoms with Gasteiger partial charge in [0.15, 0.2) is 11.6 Å². The molecule has 0 spiro atoms. The maximum Gasteiger partial charge on any atom is 0.495 e. The van der Waals surface area contributed by atoms with Crippen molar-refractivity contribution in [3.05, 3.63) is 35.5 Å². The van der Waals surface area contributed by atoms with E-state index < -0.39 is 30.0 Å². The number of nitrogens with zero attached hydrogens (tertiary/aromatic N) is 1. The molecule has 0 bridgehead atoms. The molecule has 0 unspecified atom stereocenters. The minimum Gasteiger partial charge on any atom is -0.399 e. The van der Waals surface area contributed by atoms with Gasteiger partial charge in [-0.25, -0.2) is 13.8 Å². The molecule has 0 saturated carbocycles. The second-order valence-corrected chi connectivity index (χ2v) is 6.70. The fraction of sp³-hybridized carbons (Fsp3) is 0.438. The lowest BCUT2D eigenvalue weighted by atomic mass is 9.76. The standard InChI is InChI=1S/C16H18BF2NO2/c1-9-8-11(17-21-15(2,3)16(4,5)22-17)10-6-7-12(18)13(19)14(10)20-9/h6-8H,1-5H3. The molecule has 116 valence electrons. The van der Waals surface area contributed by atoms with E-state index in [0.29, 0.717) is 16.5 Å². The summed E-state index contributed by atoms with van der Waals surface area (Å²) in [6.45, 7) is 9.53. The van der Waals surface area contributed by atoms with Gasteiger partial charge in [0.05, 0.1) is 11.2 Å². The molecule has 3 nitrogen and oxygen atoms in total. The molecule has 1 saturated heterocycles. The first-order valence-electron chi connectivity index (χ1n) is 7.23. The highest BCUT2D eigenvalue weighted by Crippen LogP contribution is 2.37. The van der Waals surface area contributed by atoms with E-state index >= 15 is 0 Å². The molecule has 3 rings (SSSR count). The second-order valence-electron chi connectivity index (χ2n) is 6.70. The minimum absolute atomic E-state index is 0.00436. The van der Waals surface area contributed by atoms with Crippen LogP contribution < -0.4 is 5.46 Å². The van der Waals surface area contributed by atoms with Crippen LogP contribution >= 0.6 is 0 Å². The van der Waals surface area contributed by atoms with Crippen LogP contribution in [0.15, 0.2) is 18.2 Å². The molecule has 2 aromatic rings. The third-order valence-corrected chi connectivity index (χ3v) is 4.54. The van der Waals surface area contributed by atoms with E-state index in [2.05, 4.69) is 4.98 Å². The van der Waals surface area contributed by atoms with Crippen molar-refractivity contribution in [2.24, 2.45) is 0 Å². The molecular weight excluding hydrogens is 287 g/mol. The van der Waals surface area contributed by atoms with Crippen molar-refractivity contribution in [3.8, 4) is 0 Å². The molecule has 0 atom stereocenters. The lowest BCUT2D eigenvalue weighted by Crippen LogP contribution is -2.41. The summed E-state index contributed by atoms with van der Waals surface area (Å²) in [5.74, 6) is -1.86. The highest BCUT2D eigenvalue weighted by molar-refractivity contribution is 6.65. The summed E-state index contributed by atoms with van der Waals surface area (Å²) >= 11 is 0. The fourth-order valence-corrected chi connectivity index (χ4v) is 2.56. The first-order valence-corrected chi connectivity index (χ1v) is 7.23. The largest absolute Gasteiger partial charge is 0.495 e. The zero-order chi connectivity index (χ0) is 16.3. The second kappa shape index (κ2) is 4.73. The van der Waals surface area contributed by atoms with E-state index in [1.807, 2.05) is 27.7 Å². The van der Waals surface area contributed by atoms with Crippen molar-refractivity contribution in [2.75, 3.05) is 0 Å². The number of halogens is 2. The molecule has 0 N–H and O–H groups in total. The maximum absolute atomic E-state index is 14.0. The normalized spacial score (nSPS) is 19.9. The average molecular weight is 305 g/mol. The van der Waals surface area contributed by atoms with E-state index in [9.17, 15) is 8.78 Å². The van der Waals surface area contributed by atoms with Crippen LogP contribution in [0.3, 0.4) is 0 Å². The summed E-state index contributed by atoms with van der Waals surface area (Å²) in [6, 6.07) is 4.41. The topological polar surface area (TPSA) is 31.4 Å². The van der Waals surface area contributed by atoms with Crippen LogP contribution in [0.1, 0.15) is 33.4 Å². The SMILES string of the molecule is Cc1cc(B2OC(C)(C)C(C)(C)O2)c2ccc(F)c(F)c2n1. The van der Waals surface area contributed by atoms with E-state index in [-0.39, 0.29) is 5.52 Å². The van der Waals surface area contributed by atoms with E-state index in [1.165, 1.54) is 6.07 Å². The van der Waals surface area contributed by atoms with Crippen LogP contribution in [0.4, 0.5) is 8.78 Å².